The van der Waals surface area contributed by atoms with Gasteiger partial charge in [-0.25, -0.2) is 4.39 Å². The highest BCUT2D eigenvalue weighted by Crippen LogP contribution is 2.42. The van der Waals surface area contributed by atoms with Crippen molar-refractivity contribution in [3.05, 3.63) is 71.0 Å². The van der Waals surface area contributed by atoms with Gasteiger partial charge in [-0.1, -0.05) is 42.0 Å². The Morgan fingerprint density at radius 2 is 1.52 bits per heavy atom. The van der Waals surface area contributed by atoms with E-state index in [1.807, 2.05) is 12.1 Å². The van der Waals surface area contributed by atoms with Crippen LogP contribution in [0.3, 0.4) is 0 Å². The van der Waals surface area contributed by atoms with E-state index < -0.39 is 0 Å². The topological polar surface area (TPSA) is 12.0 Å². The van der Waals surface area contributed by atoms with E-state index in [1.165, 1.54) is 36.1 Å². The first-order valence-electron chi connectivity index (χ1n) is 7.71. The molecule has 2 heteroatoms. The third-order valence-corrected chi connectivity index (χ3v) is 4.33. The zero-order valence-corrected chi connectivity index (χ0v) is 12.6. The second-order valence-electron chi connectivity index (χ2n) is 6.17. The third-order valence-electron chi connectivity index (χ3n) is 4.33. The van der Waals surface area contributed by atoms with Gasteiger partial charge in [0.25, 0.3) is 0 Å². The highest BCUT2D eigenvalue weighted by atomic mass is 19.1. The molecule has 3 rings (SSSR count). The predicted octanol–water partition coefficient (Wildman–Crippen LogP) is 4.94. The average Bonchev–Trinajstić information content (AvgIpc) is 3.31. The smallest absolute Gasteiger partial charge is 0.123 e. The fourth-order valence-electron chi connectivity index (χ4n) is 2.82. The summed E-state index contributed by atoms with van der Waals surface area (Å²) in [6.45, 7) is 4.27. The van der Waals surface area contributed by atoms with Crippen LogP contribution in [0, 0.1) is 18.7 Å². The van der Waals surface area contributed by atoms with E-state index >= 15 is 0 Å². The normalized spacial score (nSPS) is 17.5. The first-order valence-corrected chi connectivity index (χ1v) is 7.71. The molecule has 1 unspecified atom stereocenters. The minimum absolute atomic E-state index is 0.178. The molecule has 1 aliphatic carbocycles. The van der Waals surface area contributed by atoms with Gasteiger partial charge in [0.15, 0.2) is 0 Å². The Labute approximate surface area is 126 Å². The molecule has 110 valence electrons. The summed E-state index contributed by atoms with van der Waals surface area (Å²) in [4.78, 5) is 0. The number of nitrogens with one attached hydrogen (secondary N) is 1. The molecule has 21 heavy (non-hydrogen) atoms. The fourth-order valence-corrected chi connectivity index (χ4v) is 2.82. The van der Waals surface area contributed by atoms with Gasteiger partial charge in [-0.2, -0.15) is 0 Å². The molecule has 1 nitrogen and oxygen atoms in total. The van der Waals surface area contributed by atoms with Crippen LogP contribution in [-0.2, 0) is 0 Å². The van der Waals surface area contributed by atoms with Gasteiger partial charge in [-0.05, 0) is 55.9 Å². The Morgan fingerprint density at radius 1 is 0.952 bits per heavy atom. The fraction of sp³-hybridized carbons (Fsp3) is 0.368. The van der Waals surface area contributed by atoms with Gasteiger partial charge in [0, 0.05) is 12.1 Å². The number of halogens is 1. The van der Waals surface area contributed by atoms with Crippen LogP contribution in [0.4, 0.5) is 4.39 Å². The van der Waals surface area contributed by atoms with Crippen LogP contribution in [-0.4, -0.2) is 0 Å². The molecule has 0 spiro atoms. The molecule has 1 aliphatic rings. The molecule has 0 amide bonds. The standard InChI is InChI=1S/C19H22FN/c1-13-3-5-16(6-4-13)19(17-7-8-17)21-14(2)15-9-11-18(20)12-10-15/h3-6,9-12,14,17,19,21H,7-8H2,1-2H3/t14-,19?/m0/s1. The molecule has 2 aromatic rings. The summed E-state index contributed by atoms with van der Waals surface area (Å²) >= 11 is 0. The summed E-state index contributed by atoms with van der Waals surface area (Å²) in [5.74, 6) is 0.554. The highest BCUT2D eigenvalue weighted by molar-refractivity contribution is 5.27. The van der Waals surface area contributed by atoms with Crippen LogP contribution in [0.5, 0.6) is 0 Å². The zero-order chi connectivity index (χ0) is 14.8. The minimum Gasteiger partial charge on any atom is -0.303 e. The predicted molar refractivity (Wildman–Crippen MR) is 84.6 cm³/mol. The van der Waals surface area contributed by atoms with Gasteiger partial charge in [-0.15, -0.1) is 0 Å². The maximum Gasteiger partial charge on any atom is 0.123 e. The number of benzene rings is 2. The molecule has 1 N–H and O–H groups in total. The van der Waals surface area contributed by atoms with Crippen molar-refractivity contribution in [1.82, 2.24) is 5.32 Å². The average molecular weight is 283 g/mol. The van der Waals surface area contributed by atoms with E-state index in [4.69, 9.17) is 0 Å². The van der Waals surface area contributed by atoms with Crippen molar-refractivity contribution >= 4 is 0 Å². The van der Waals surface area contributed by atoms with Gasteiger partial charge >= 0.3 is 0 Å². The number of hydrogen-bond acceptors (Lipinski definition) is 1. The number of rotatable bonds is 5. The Balaban J connectivity index is 1.76. The second kappa shape index (κ2) is 5.98. The first-order chi connectivity index (χ1) is 10.1. The van der Waals surface area contributed by atoms with Crippen molar-refractivity contribution in [3.63, 3.8) is 0 Å². The van der Waals surface area contributed by atoms with Gasteiger partial charge in [0.2, 0.25) is 0 Å². The summed E-state index contributed by atoms with van der Waals surface area (Å²) in [6.07, 6.45) is 2.59. The third kappa shape index (κ3) is 3.51. The van der Waals surface area contributed by atoms with E-state index in [-0.39, 0.29) is 11.9 Å². The molecule has 0 aromatic heterocycles. The lowest BCUT2D eigenvalue weighted by Crippen LogP contribution is -2.26. The van der Waals surface area contributed by atoms with E-state index in [0.717, 1.165) is 11.5 Å². The summed E-state index contributed by atoms with van der Waals surface area (Å²) in [5.41, 5.74) is 3.78. The second-order valence-corrected chi connectivity index (χ2v) is 6.17. The van der Waals surface area contributed by atoms with Crippen molar-refractivity contribution in [3.8, 4) is 0 Å². The SMILES string of the molecule is Cc1ccc(C(N[C@@H](C)c2ccc(F)cc2)C2CC2)cc1. The molecule has 0 heterocycles. The van der Waals surface area contributed by atoms with Crippen LogP contribution in [0.2, 0.25) is 0 Å². The number of hydrogen-bond donors (Lipinski definition) is 1. The van der Waals surface area contributed by atoms with E-state index in [9.17, 15) is 4.39 Å². The quantitative estimate of drug-likeness (QED) is 0.820. The van der Waals surface area contributed by atoms with E-state index in [0.29, 0.717) is 6.04 Å². The Kier molecular flexibility index (Phi) is 4.07. The maximum absolute atomic E-state index is 13.0. The summed E-state index contributed by atoms with van der Waals surface area (Å²) in [7, 11) is 0. The molecule has 1 saturated carbocycles. The van der Waals surface area contributed by atoms with Gasteiger partial charge < -0.3 is 5.32 Å². The molecular formula is C19H22FN. The van der Waals surface area contributed by atoms with Crippen molar-refractivity contribution in [2.75, 3.05) is 0 Å². The number of aryl methyl sites for hydroxylation is 1. The zero-order valence-electron chi connectivity index (χ0n) is 12.6. The molecule has 0 radical (unpaired) electrons. The van der Waals surface area contributed by atoms with E-state index in [1.54, 1.807) is 0 Å². The van der Waals surface area contributed by atoms with Crippen LogP contribution < -0.4 is 5.32 Å². The summed E-state index contributed by atoms with van der Waals surface area (Å²) in [5, 5.41) is 3.73. The Bertz CT molecular complexity index is 584. The largest absolute Gasteiger partial charge is 0.303 e. The molecule has 0 aliphatic heterocycles. The lowest BCUT2D eigenvalue weighted by atomic mass is 9.98. The van der Waals surface area contributed by atoms with Crippen molar-refractivity contribution < 1.29 is 4.39 Å². The molecular weight excluding hydrogens is 261 g/mol. The first kappa shape index (κ1) is 14.3. The van der Waals surface area contributed by atoms with Crippen LogP contribution in [0.15, 0.2) is 48.5 Å². The van der Waals surface area contributed by atoms with Gasteiger partial charge in [0.1, 0.15) is 5.82 Å². The minimum atomic E-state index is -0.178. The Morgan fingerprint density at radius 3 is 2.10 bits per heavy atom. The van der Waals surface area contributed by atoms with Crippen molar-refractivity contribution in [1.29, 1.82) is 0 Å². The summed E-state index contributed by atoms with van der Waals surface area (Å²) < 4.78 is 13.0. The van der Waals surface area contributed by atoms with Crippen LogP contribution >= 0.6 is 0 Å². The summed E-state index contributed by atoms with van der Waals surface area (Å²) in [6, 6.07) is 16.2. The van der Waals surface area contributed by atoms with Crippen molar-refractivity contribution in [2.45, 2.75) is 38.8 Å². The Hall–Kier alpha value is -1.67. The maximum atomic E-state index is 13.0. The van der Waals surface area contributed by atoms with Crippen molar-refractivity contribution in [2.24, 2.45) is 5.92 Å². The molecule has 2 atom stereocenters. The molecule has 1 fully saturated rings. The van der Waals surface area contributed by atoms with E-state index in [2.05, 4.69) is 43.4 Å². The lowest BCUT2D eigenvalue weighted by Gasteiger charge is -2.24. The van der Waals surface area contributed by atoms with Gasteiger partial charge in [0.05, 0.1) is 0 Å². The van der Waals surface area contributed by atoms with Crippen LogP contribution in [0.1, 0.15) is 48.5 Å². The van der Waals surface area contributed by atoms with Crippen LogP contribution in [0.25, 0.3) is 0 Å². The molecule has 0 saturated heterocycles. The lowest BCUT2D eigenvalue weighted by molar-refractivity contribution is 0.427. The van der Waals surface area contributed by atoms with Gasteiger partial charge in [-0.3, -0.25) is 0 Å². The monoisotopic (exact) mass is 283 g/mol. The molecule has 2 aromatic carbocycles. The highest BCUT2D eigenvalue weighted by Gasteiger charge is 2.33. The molecule has 0 bridgehead atoms.